The number of hydrogen-bond donors (Lipinski definition) is 1. The van der Waals surface area contributed by atoms with Crippen LogP contribution in [0.4, 0.5) is 5.69 Å². The fourth-order valence-corrected chi connectivity index (χ4v) is 1.98. The van der Waals surface area contributed by atoms with Gasteiger partial charge in [-0.3, -0.25) is 0 Å². The van der Waals surface area contributed by atoms with Crippen LogP contribution < -0.4 is 5.73 Å². The number of para-hydroxylation sites is 1. The molecular weight excluding hydrogens is 224 g/mol. The Morgan fingerprint density at radius 3 is 2.83 bits per heavy atom. The maximum absolute atomic E-state index is 9.13. The van der Waals surface area contributed by atoms with Crippen LogP contribution in [0.5, 0.6) is 0 Å². The van der Waals surface area contributed by atoms with E-state index >= 15 is 0 Å². The average molecular weight is 234 g/mol. The summed E-state index contributed by atoms with van der Waals surface area (Å²) in [7, 11) is 0. The van der Waals surface area contributed by atoms with Crippen LogP contribution in [0.15, 0.2) is 48.7 Å². The van der Waals surface area contributed by atoms with Crippen LogP contribution in [-0.2, 0) is 0 Å². The van der Waals surface area contributed by atoms with Gasteiger partial charge in [0.1, 0.15) is 6.07 Å². The van der Waals surface area contributed by atoms with Crippen molar-refractivity contribution in [2.75, 3.05) is 5.73 Å². The van der Waals surface area contributed by atoms with E-state index in [1.165, 1.54) is 0 Å². The average Bonchev–Trinajstić information content (AvgIpc) is 2.81. The van der Waals surface area contributed by atoms with Gasteiger partial charge in [0, 0.05) is 11.1 Å². The zero-order valence-electron chi connectivity index (χ0n) is 9.54. The summed E-state index contributed by atoms with van der Waals surface area (Å²) >= 11 is 0. The molecule has 0 atom stereocenters. The van der Waals surface area contributed by atoms with Crippen LogP contribution in [0, 0.1) is 11.3 Å². The molecule has 0 spiro atoms. The minimum Gasteiger partial charge on any atom is -0.399 e. The molecule has 86 valence electrons. The molecule has 0 radical (unpaired) electrons. The van der Waals surface area contributed by atoms with Crippen molar-refractivity contribution in [2.45, 2.75) is 0 Å². The molecule has 0 aliphatic carbocycles. The highest BCUT2D eigenvalue weighted by Gasteiger charge is 2.08. The minimum absolute atomic E-state index is 0.588. The first-order valence-electron chi connectivity index (χ1n) is 5.52. The van der Waals surface area contributed by atoms with E-state index < -0.39 is 0 Å². The molecule has 0 bridgehead atoms. The smallest absolute Gasteiger partial charge is 0.101 e. The van der Waals surface area contributed by atoms with Gasteiger partial charge in [0.15, 0.2) is 0 Å². The van der Waals surface area contributed by atoms with E-state index in [0.717, 1.165) is 16.6 Å². The third-order valence-corrected chi connectivity index (χ3v) is 2.85. The van der Waals surface area contributed by atoms with Crippen molar-refractivity contribution in [1.29, 1.82) is 5.26 Å². The molecule has 0 amide bonds. The summed E-state index contributed by atoms with van der Waals surface area (Å²) in [6.07, 6.45) is 1.77. The molecule has 18 heavy (non-hydrogen) atoms. The summed E-state index contributed by atoms with van der Waals surface area (Å²) in [5, 5.41) is 14.5. The minimum atomic E-state index is 0.588. The van der Waals surface area contributed by atoms with E-state index in [4.69, 9.17) is 11.0 Å². The number of hydrogen-bond acceptors (Lipinski definition) is 3. The Balaban J connectivity index is 2.32. The van der Waals surface area contributed by atoms with Gasteiger partial charge in [0.2, 0.25) is 0 Å². The highest BCUT2D eigenvalue weighted by Crippen LogP contribution is 2.22. The lowest BCUT2D eigenvalue weighted by Crippen LogP contribution is -1.99. The zero-order chi connectivity index (χ0) is 12.5. The Morgan fingerprint density at radius 2 is 2.00 bits per heavy atom. The fourth-order valence-electron chi connectivity index (χ4n) is 1.98. The van der Waals surface area contributed by atoms with Crippen LogP contribution in [0.2, 0.25) is 0 Å². The van der Waals surface area contributed by atoms with Crippen molar-refractivity contribution in [2.24, 2.45) is 0 Å². The highest BCUT2D eigenvalue weighted by atomic mass is 15.3. The Hall–Kier alpha value is -2.80. The highest BCUT2D eigenvalue weighted by molar-refractivity contribution is 5.83. The lowest BCUT2D eigenvalue weighted by atomic mass is 10.2. The first-order valence-corrected chi connectivity index (χ1v) is 5.52. The van der Waals surface area contributed by atoms with Crippen molar-refractivity contribution < 1.29 is 0 Å². The summed E-state index contributed by atoms with van der Waals surface area (Å²) in [5.41, 5.74) is 8.73. The summed E-state index contributed by atoms with van der Waals surface area (Å²) in [4.78, 5) is 0. The van der Waals surface area contributed by atoms with Gasteiger partial charge in [-0.2, -0.15) is 10.4 Å². The molecule has 4 nitrogen and oxygen atoms in total. The topological polar surface area (TPSA) is 67.6 Å². The predicted molar refractivity (Wildman–Crippen MR) is 70.2 cm³/mol. The van der Waals surface area contributed by atoms with E-state index in [1.807, 2.05) is 36.4 Å². The first-order chi connectivity index (χ1) is 8.79. The number of anilines is 1. The van der Waals surface area contributed by atoms with E-state index in [9.17, 15) is 0 Å². The first kappa shape index (κ1) is 10.4. The predicted octanol–water partition coefficient (Wildman–Crippen LogP) is 2.48. The molecule has 1 aromatic heterocycles. The largest absolute Gasteiger partial charge is 0.399 e. The van der Waals surface area contributed by atoms with Gasteiger partial charge in [-0.15, -0.1) is 0 Å². The second kappa shape index (κ2) is 3.90. The molecule has 3 aromatic rings. The molecule has 4 heteroatoms. The van der Waals surface area contributed by atoms with Crippen molar-refractivity contribution >= 4 is 16.6 Å². The van der Waals surface area contributed by atoms with E-state index in [0.29, 0.717) is 11.3 Å². The molecule has 0 fully saturated rings. The molecule has 1 heterocycles. The number of rotatable bonds is 1. The van der Waals surface area contributed by atoms with Crippen LogP contribution in [-0.4, -0.2) is 9.78 Å². The van der Waals surface area contributed by atoms with Gasteiger partial charge in [0.05, 0.1) is 23.0 Å². The molecule has 2 aromatic carbocycles. The number of nitriles is 1. The van der Waals surface area contributed by atoms with E-state index in [2.05, 4.69) is 11.2 Å². The standard InChI is InChI=1S/C14H10N4/c15-8-10-3-1-2-4-13(10)18-14-7-12(16)6-5-11(14)9-17-18/h1-7,9H,16H2. The van der Waals surface area contributed by atoms with Crippen molar-refractivity contribution in [3.8, 4) is 11.8 Å². The zero-order valence-corrected chi connectivity index (χ0v) is 9.54. The van der Waals surface area contributed by atoms with Crippen LogP contribution in [0.3, 0.4) is 0 Å². The number of aromatic nitrogens is 2. The molecule has 0 aliphatic heterocycles. The number of fused-ring (bicyclic) bond motifs is 1. The van der Waals surface area contributed by atoms with Crippen molar-refractivity contribution in [3.63, 3.8) is 0 Å². The molecule has 0 saturated heterocycles. The fraction of sp³-hybridized carbons (Fsp3) is 0. The Bertz CT molecular complexity index is 765. The molecular formula is C14H10N4. The van der Waals surface area contributed by atoms with Crippen molar-refractivity contribution in [3.05, 3.63) is 54.2 Å². The van der Waals surface area contributed by atoms with Gasteiger partial charge in [-0.1, -0.05) is 12.1 Å². The van der Waals surface area contributed by atoms with Gasteiger partial charge < -0.3 is 5.73 Å². The molecule has 3 rings (SSSR count). The normalized spacial score (nSPS) is 10.4. The van der Waals surface area contributed by atoms with Gasteiger partial charge in [0.25, 0.3) is 0 Å². The number of nitrogens with two attached hydrogens (primary N) is 1. The Morgan fingerprint density at radius 1 is 1.17 bits per heavy atom. The third-order valence-electron chi connectivity index (χ3n) is 2.85. The van der Waals surface area contributed by atoms with Crippen molar-refractivity contribution in [1.82, 2.24) is 9.78 Å². The molecule has 0 unspecified atom stereocenters. The van der Waals surface area contributed by atoms with Crippen LogP contribution in [0.1, 0.15) is 5.56 Å². The molecule has 0 saturated carbocycles. The van der Waals surface area contributed by atoms with E-state index in [1.54, 1.807) is 16.9 Å². The Labute approximate surface area is 104 Å². The summed E-state index contributed by atoms with van der Waals surface area (Å²) < 4.78 is 1.74. The Kier molecular flexibility index (Phi) is 2.24. The SMILES string of the molecule is N#Cc1ccccc1-n1ncc2ccc(N)cc21. The quantitative estimate of drug-likeness (QED) is 0.658. The molecule has 0 aliphatic rings. The molecule has 2 N–H and O–H groups in total. The third kappa shape index (κ3) is 1.50. The lowest BCUT2D eigenvalue weighted by molar-refractivity contribution is 0.907. The van der Waals surface area contributed by atoms with Gasteiger partial charge in [-0.25, -0.2) is 4.68 Å². The second-order valence-corrected chi connectivity index (χ2v) is 4.00. The van der Waals surface area contributed by atoms with Crippen LogP contribution in [0.25, 0.3) is 16.6 Å². The number of benzene rings is 2. The maximum atomic E-state index is 9.13. The number of nitrogens with zero attached hydrogens (tertiary/aromatic N) is 3. The van der Waals surface area contributed by atoms with Crippen LogP contribution >= 0.6 is 0 Å². The maximum Gasteiger partial charge on any atom is 0.101 e. The number of nitrogen functional groups attached to an aromatic ring is 1. The lowest BCUT2D eigenvalue weighted by Gasteiger charge is -2.05. The second-order valence-electron chi connectivity index (χ2n) is 4.00. The van der Waals surface area contributed by atoms with Gasteiger partial charge >= 0.3 is 0 Å². The van der Waals surface area contributed by atoms with E-state index in [-0.39, 0.29) is 0 Å². The van der Waals surface area contributed by atoms with Gasteiger partial charge in [-0.05, 0) is 30.3 Å². The summed E-state index contributed by atoms with van der Waals surface area (Å²) in [6, 6.07) is 15.1. The summed E-state index contributed by atoms with van der Waals surface area (Å²) in [6.45, 7) is 0. The monoisotopic (exact) mass is 234 g/mol. The summed E-state index contributed by atoms with van der Waals surface area (Å²) in [5.74, 6) is 0.